The normalized spacial score (nSPS) is 11.1. The predicted octanol–water partition coefficient (Wildman–Crippen LogP) is 2.37. The second-order valence-corrected chi connectivity index (χ2v) is 4.19. The smallest absolute Gasteiger partial charge is 0.335 e. The number of fused-ring (bicyclic) bond motifs is 1. The van der Waals surface area contributed by atoms with Crippen LogP contribution in [0.5, 0.6) is 0 Å². The third kappa shape index (κ3) is 2.08. The Labute approximate surface area is 98.7 Å². The van der Waals surface area contributed by atoms with Gasteiger partial charge in [-0.15, -0.1) is 0 Å². The first-order valence-corrected chi connectivity index (χ1v) is 5.35. The molecule has 90 valence electrons. The van der Waals surface area contributed by atoms with Gasteiger partial charge in [0.25, 0.3) is 6.01 Å². The fourth-order valence-corrected chi connectivity index (χ4v) is 1.42. The number of carboxylic acids is 1. The van der Waals surface area contributed by atoms with Crippen LogP contribution in [0.1, 0.15) is 24.2 Å². The van der Waals surface area contributed by atoms with E-state index in [1.165, 1.54) is 12.1 Å². The van der Waals surface area contributed by atoms with E-state index in [2.05, 4.69) is 4.98 Å². The lowest BCUT2D eigenvalue weighted by Gasteiger charge is -2.18. The highest BCUT2D eigenvalue weighted by atomic mass is 16.4. The van der Waals surface area contributed by atoms with Gasteiger partial charge in [0.2, 0.25) is 0 Å². The zero-order valence-electron chi connectivity index (χ0n) is 9.97. The fourth-order valence-electron chi connectivity index (χ4n) is 1.42. The Balaban J connectivity index is 2.47. The van der Waals surface area contributed by atoms with Crippen molar-refractivity contribution in [2.24, 2.45) is 0 Å². The topological polar surface area (TPSA) is 66.6 Å². The minimum atomic E-state index is -0.964. The number of oxazole rings is 1. The van der Waals surface area contributed by atoms with Gasteiger partial charge in [-0.1, -0.05) is 0 Å². The Kier molecular flexibility index (Phi) is 2.75. The van der Waals surface area contributed by atoms with Crippen molar-refractivity contribution < 1.29 is 14.3 Å². The number of rotatable bonds is 3. The van der Waals surface area contributed by atoms with Crippen LogP contribution >= 0.6 is 0 Å². The van der Waals surface area contributed by atoms with Gasteiger partial charge in [-0.25, -0.2) is 4.79 Å². The monoisotopic (exact) mass is 234 g/mol. The van der Waals surface area contributed by atoms with Gasteiger partial charge in [0.1, 0.15) is 5.52 Å². The molecule has 0 atom stereocenters. The summed E-state index contributed by atoms with van der Waals surface area (Å²) in [6, 6.07) is 5.41. The molecule has 0 radical (unpaired) electrons. The summed E-state index contributed by atoms with van der Waals surface area (Å²) in [4.78, 5) is 17.0. The fraction of sp³-hybridized carbons (Fsp3) is 0.333. The number of anilines is 1. The number of hydrogen-bond acceptors (Lipinski definition) is 4. The van der Waals surface area contributed by atoms with E-state index in [1.807, 2.05) is 25.8 Å². The lowest BCUT2D eigenvalue weighted by molar-refractivity contribution is 0.0697. The van der Waals surface area contributed by atoms with E-state index in [0.717, 1.165) is 0 Å². The number of carbonyl (C=O) groups is 1. The highest BCUT2D eigenvalue weighted by Crippen LogP contribution is 2.23. The molecule has 1 N–H and O–H groups in total. The van der Waals surface area contributed by atoms with Gasteiger partial charge in [-0.2, -0.15) is 4.98 Å². The molecule has 2 aromatic rings. The quantitative estimate of drug-likeness (QED) is 0.883. The summed E-state index contributed by atoms with van der Waals surface area (Å²) in [5.41, 5.74) is 1.37. The lowest BCUT2D eigenvalue weighted by Crippen LogP contribution is -2.25. The van der Waals surface area contributed by atoms with Gasteiger partial charge in [-0.05, 0) is 32.0 Å². The van der Waals surface area contributed by atoms with Crippen LogP contribution in [0.2, 0.25) is 0 Å². The number of hydrogen-bond donors (Lipinski definition) is 1. The maximum Gasteiger partial charge on any atom is 0.335 e. The molecule has 0 fully saturated rings. The zero-order valence-corrected chi connectivity index (χ0v) is 9.97. The third-order valence-corrected chi connectivity index (χ3v) is 2.70. The first-order chi connectivity index (χ1) is 7.99. The molecular formula is C12H14N2O3. The minimum absolute atomic E-state index is 0.213. The van der Waals surface area contributed by atoms with Crippen LogP contribution in [0.4, 0.5) is 6.01 Å². The van der Waals surface area contributed by atoms with Crippen molar-refractivity contribution in [3.63, 3.8) is 0 Å². The summed E-state index contributed by atoms with van der Waals surface area (Å²) < 4.78 is 5.55. The Hall–Kier alpha value is -2.04. The molecule has 0 spiro atoms. The van der Waals surface area contributed by atoms with E-state index in [1.54, 1.807) is 6.07 Å². The summed E-state index contributed by atoms with van der Waals surface area (Å²) in [7, 11) is 1.88. The molecule has 0 amide bonds. The second-order valence-electron chi connectivity index (χ2n) is 4.19. The number of aromatic nitrogens is 1. The van der Waals surface area contributed by atoms with Crippen LogP contribution in [-0.4, -0.2) is 29.1 Å². The van der Waals surface area contributed by atoms with Crippen molar-refractivity contribution in [3.8, 4) is 0 Å². The molecule has 2 rings (SSSR count). The average molecular weight is 234 g/mol. The molecule has 5 heteroatoms. The summed E-state index contributed by atoms with van der Waals surface area (Å²) >= 11 is 0. The third-order valence-electron chi connectivity index (χ3n) is 2.70. The van der Waals surface area contributed by atoms with E-state index < -0.39 is 5.97 Å². The second kappa shape index (κ2) is 4.08. The molecule has 0 unspecified atom stereocenters. The van der Waals surface area contributed by atoms with Crippen molar-refractivity contribution in [3.05, 3.63) is 23.8 Å². The SMILES string of the molecule is CC(C)N(C)c1nc2cc(C(=O)O)ccc2o1. The van der Waals surface area contributed by atoms with Crippen molar-refractivity contribution in [1.29, 1.82) is 0 Å². The molecular weight excluding hydrogens is 220 g/mol. The molecule has 5 nitrogen and oxygen atoms in total. The molecule has 1 heterocycles. The minimum Gasteiger partial charge on any atom is -0.478 e. The van der Waals surface area contributed by atoms with Gasteiger partial charge in [0.05, 0.1) is 5.56 Å². The Bertz CT molecular complexity index is 560. The Morgan fingerprint density at radius 1 is 1.47 bits per heavy atom. The molecule has 17 heavy (non-hydrogen) atoms. The van der Waals surface area contributed by atoms with Crippen molar-refractivity contribution in [1.82, 2.24) is 4.98 Å². The molecule has 0 bridgehead atoms. The molecule has 0 aliphatic heterocycles. The van der Waals surface area contributed by atoms with E-state index >= 15 is 0 Å². The standard InChI is InChI=1S/C12H14N2O3/c1-7(2)14(3)12-13-9-6-8(11(15)16)4-5-10(9)17-12/h4-7H,1-3H3,(H,15,16). The first kappa shape index (κ1) is 11.4. The lowest BCUT2D eigenvalue weighted by atomic mass is 10.2. The van der Waals surface area contributed by atoms with Crippen LogP contribution in [-0.2, 0) is 0 Å². The first-order valence-electron chi connectivity index (χ1n) is 5.35. The van der Waals surface area contributed by atoms with Crippen LogP contribution in [0.3, 0.4) is 0 Å². The van der Waals surface area contributed by atoms with Gasteiger partial charge >= 0.3 is 5.97 Å². The molecule has 0 saturated heterocycles. The molecule has 1 aromatic heterocycles. The maximum atomic E-state index is 10.8. The van der Waals surface area contributed by atoms with Gasteiger partial charge in [-0.3, -0.25) is 0 Å². The van der Waals surface area contributed by atoms with Crippen LogP contribution < -0.4 is 4.90 Å². The summed E-state index contributed by atoms with van der Waals surface area (Å²) in [6.07, 6.45) is 0. The zero-order chi connectivity index (χ0) is 12.6. The molecule has 0 saturated carbocycles. The van der Waals surface area contributed by atoms with Crippen LogP contribution in [0.25, 0.3) is 11.1 Å². The summed E-state index contributed by atoms with van der Waals surface area (Å²) in [5.74, 6) is -0.964. The summed E-state index contributed by atoms with van der Waals surface area (Å²) in [5, 5.41) is 8.88. The van der Waals surface area contributed by atoms with E-state index in [0.29, 0.717) is 17.1 Å². The highest BCUT2D eigenvalue weighted by Gasteiger charge is 2.14. The van der Waals surface area contributed by atoms with Crippen molar-refractivity contribution in [2.45, 2.75) is 19.9 Å². The van der Waals surface area contributed by atoms with Gasteiger partial charge in [0, 0.05) is 13.1 Å². The van der Waals surface area contributed by atoms with E-state index in [-0.39, 0.29) is 11.6 Å². The average Bonchev–Trinajstić information content (AvgIpc) is 2.69. The maximum absolute atomic E-state index is 10.8. The molecule has 1 aromatic carbocycles. The van der Waals surface area contributed by atoms with Crippen LogP contribution in [0.15, 0.2) is 22.6 Å². The largest absolute Gasteiger partial charge is 0.478 e. The number of nitrogens with zero attached hydrogens (tertiary/aromatic N) is 2. The van der Waals surface area contributed by atoms with E-state index in [4.69, 9.17) is 9.52 Å². The Morgan fingerprint density at radius 2 is 2.18 bits per heavy atom. The number of benzene rings is 1. The highest BCUT2D eigenvalue weighted by molar-refractivity contribution is 5.92. The molecule has 0 aliphatic rings. The predicted molar refractivity (Wildman–Crippen MR) is 64.5 cm³/mol. The van der Waals surface area contributed by atoms with Crippen molar-refractivity contribution in [2.75, 3.05) is 11.9 Å². The van der Waals surface area contributed by atoms with E-state index in [9.17, 15) is 4.79 Å². The van der Waals surface area contributed by atoms with Crippen molar-refractivity contribution >= 4 is 23.1 Å². The summed E-state index contributed by atoms with van der Waals surface area (Å²) in [6.45, 7) is 4.05. The number of carboxylic acid groups (broad SMARTS) is 1. The Morgan fingerprint density at radius 3 is 2.76 bits per heavy atom. The van der Waals surface area contributed by atoms with Crippen LogP contribution in [0, 0.1) is 0 Å². The molecule has 0 aliphatic carbocycles. The van der Waals surface area contributed by atoms with Gasteiger partial charge in [0.15, 0.2) is 5.58 Å². The number of aromatic carboxylic acids is 1. The van der Waals surface area contributed by atoms with Gasteiger partial charge < -0.3 is 14.4 Å².